The normalized spacial score (nSPS) is 33.8. The molecule has 30 heavy (non-hydrogen) atoms. The summed E-state index contributed by atoms with van der Waals surface area (Å²) in [5.41, 5.74) is 2.54. The summed E-state index contributed by atoms with van der Waals surface area (Å²) in [4.78, 5) is 17.0. The van der Waals surface area contributed by atoms with Crippen LogP contribution >= 0.6 is 0 Å². The molecule has 152 valence electrons. The molecule has 1 aliphatic carbocycles. The largest absolute Gasteiger partial charge is 0.494 e. The highest BCUT2D eigenvalue weighted by Gasteiger charge is 2.52. The molecule has 0 N–H and O–H groups in total. The van der Waals surface area contributed by atoms with Crippen molar-refractivity contribution in [1.82, 2.24) is 4.90 Å². The number of aliphatic imine (C=N–C) groups is 3. The number of fused-ring (bicyclic) bond motifs is 8. The van der Waals surface area contributed by atoms with E-state index in [1.54, 1.807) is 12.4 Å². The fraction of sp³-hybridized carbons (Fsp3) is 0.435. The fourth-order valence-corrected chi connectivity index (χ4v) is 4.86. The lowest BCUT2D eigenvalue weighted by Gasteiger charge is -2.42. The van der Waals surface area contributed by atoms with Crippen molar-refractivity contribution in [2.24, 2.45) is 15.0 Å². The highest BCUT2D eigenvalue weighted by molar-refractivity contribution is 6.62. The molecule has 1 aromatic rings. The average Bonchev–Trinajstić information content (AvgIpc) is 3.22. The molecule has 0 radical (unpaired) electrons. The molecule has 4 atom stereocenters. The number of allylic oxidation sites excluding steroid dienone is 2. The van der Waals surface area contributed by atoms with E-state index in [1.165, 1.54) is 0 Å². The minimum absolute atomic E-state index is 0.0654. The Balaban J connectivity index is 1.45. The van der Waals surface area contributed by atoms with Crippen molar-refractivity contribution in [3.8, 4) is 0 Å². The molecule has 0 spiro atoms. The van der Waals surface area contributed by atoms with Crippen LogP contribution in [0, 0.1) is 0 Å². The first-order chi connectivity index (χ1) is 14.4. The standard InChI is InChI=1S/C23H25BN4O2/c1-22(2)23(3,4)30-24(29-22)14-9-10-15-16(13-14)19-21(26-12-11-25-19)28-18-8-6-5-7-17(18)27-20(15)28/h5-13,17-19,21H,1-4H3/t17?,18?,19?,21-/m1/s1. The van der Waals surface area contributed by atoms with Crippen molar-refractivity contribution in [2.45, 2.75) is 63.2 Å². The summed E-state index contributed by atoms with van der Waals surface area (Å²) in [5.74, 6) is 1.01. The number of rotatable bonds is 1. The maximum Gasteiger partial charge on any atom is 0.494 e. The van der Waals surface area contributed by atoms with Gasteiger partial charge in [-0.05, 0) is 38.7 Å². The molecule has 1 saturated heterocycles. The topological polar surface area (TPSA) is 58.8 Å². The Hall–Kier alpha value is -2.51. The molecule has 0 saturated carbocycles. The van der Waals surface area contributed by atoms with E-state index in [-0.39, 0.29) is 35.5 Å². The summed E-state index contributed by atoms with van der Waals surface area (Å²) in [7, 11) is -0.396. The van der Waals surface area contributed by atoms with Gasteiger partial charge in [-0.1, -0.05) is 42.5 Å². The first-order valence-electron chi connectivity index (χ1n) is 10.6. The van der Waals surface area contributed by atoms with Crippen molar-refractivity contribution in [3.05, 3.63) is 53.6 Å². The van der Waals surface area contributed by atoms with Gasteiger partial charge in [0.2, 0.25) is 0 Å². The van der Waals surface area contributed by atoms with Crippen LogP contribution in [-0.4, -0.2) is 59.7 Å². The second kappa shape index (κ2) is 6.02. The predicted molar refractivity (Wildman–Crippen MR) is 120 cm³/mol. The average molecular weight is 400 g/mol. The van der Waals surface area contributed by atoms with Gasteiger partial charge in [-0.3, -0.25) is 15.0 Å². The summed E-state index contributed by atoms with van der Waals surface area (Å²) >= 11 is 0. The van der Waals surface area contributed by atoms with E-state index in [0.717, 1.165) is 22.4 Å². The van der Waals surface area contributed by atoms with E-state index in [9.17, 15) is 0 Å². The van der Waals surface area contributed by atoms with Gasteiger partial charge in [-0.15, -0.1) is 0 Å². The maximum absolute atomic E-state index is 6.29. The van der Waals surface area contributed by atoms with Gasteiger partial charge in [-0.25, -0.2) is 0 Å². The maximum atomic E-state index is 6.29. The summed E-state index contributed by atoms with van der Waals surface area (Å²) < 4.78 is 12.6. The van der Waals surface area contributed by atoms with Crippen molar-refractivity contribution in [2.75, 3.05) is 0 Å². The van der Waals surface area contributed by atoms with Gasteiger partial charge in [-0.2, -0.15) is 0 Å². The molecule has 6 nitrogen and oxygen atoms in total. The molecular weight excluding hydrogens is 375 g/mol. The Morgan fingerprint density at radius 3 is 2.50 bits per heavy atom. The van der Waals surface area contributed by atoms with E-state index in [0.29, 0.717) is 0 Å². The third-order valence-corrected chi connectivity index (χ3v) is 7.19. The smallest absolute Gasteiger partial charge is 0.399 e. The highest BCUT2D eigenvalue weighted by Crippen LogP contribution is 2.42. The lowest BCUT2D eigenvalue weighted by Crippen LogP contribution is -2.51. The second-order valence-electron chi connectivity index (χ2n) is 9.50. The molecule has 0 amide bonds. The number of hydrogen-bond donors (Lipinski definition) is 0. The van der Waals surface area contributed by atoms with Crippen LogP contribution in [0.1, 0.15) is 44.9 Å². The molecule has 7 heteroatoms. The van der Waals surface area contributed by atoms with E-state index in [4.69, 9.17) is 24.3 Å². The number of amidine groups is 1. The zero-order valence-corrected chi connectivity index (χ0v) is 17.7. The summed E-state index contributed by atoms with van der Waals surface area (Å²) in [6.07, 6.45) is 12.1. The van der Waals surface area contributed by atoms with Crippen LogP contribution in [0.25, 0.3) is 0 Å². The molecule has 5 aliphatic rings. The van der Waals surface area contributed by atoms with Gasteiger partial charge in [0, 0.05) is 18.0 Å². The number of hydrogen-bond acceptors (Lipinski definition) is 6. The van der Waals surface area contributed by atoms with Gasteiger partial charge in [0.25, 0.3) is 0 Å². The van der Waals surface area contributed by atoms with Crippen molar-refractivity contribution in [1.29, 1.82) is 0 Å². The molecule has 1 fully saturated rings. The zero-order chi connectivity index (χ0) is 20.7. The van der Waals surface area contributed by atoms with Crippen LogP contribution in [0.15, 0.2) is 57.5 Å². The SMILES string of the molecule is CC1(C)OB(c2ccc3c(c2)C2N=CC=N[C@@H]2N2C3=NC3C=CC=CC32)OC1(C)C. The first-order valence-corrected chi connectivity index (χ1v) is 10.6. The van der Waals surface area contributed by atoms with E-state index < -0.39 is 7.12 Å². The summed E-state index contributed by atoms with van der Waals surface area (Å²) in [5, 5.41) is 0. The monoisotopic (exact) mass is 400 g/mol. The molecule has 0 aromatic heterocycles. The third kappa shape index (κ3) is 2.42. The summed E-state index contributed by atoms with van der Waals surface area (Å²) in [6, 6.07) is 6.69. The number of nitrogens with zero attached hydrogens (tertiary/aromatic N) is 4. The lowest BCUT2D eigenvalue weighted by atomic mass is 9.76. The molecule has 1 aromatic carbocycles. The van der Waals surface area contributed by atoms with E-state index in [2.05, 4.69) is 75.1 Å². The minimum Gasteiger partial charge on any atom is -0.399 e. The van der Waals surface area contributed by atoms with Crippen LogP contribution in [0.2, 0.25) is 0 Å². The van der Waals surface area contributed by atoms with Gasteiger partial charge in [0.05, 0.1) is 23.3 Å². The van der Waals surface area contributed by atoms with Crippen molar-refractivity contribution >= 4 is 30.8 Å². The van der Waals surface area contributed by atoms with Crippen LogP contribution in [-0.2, 0) is 9.31 Å². The second-order valence-corrected chi connectivity index (χ2v) is 9.50. The van der Waals surface area contributed by atoms with Crippen LogP contribution < -0.4 is 5.46 Å². The molecule has 3 unspecified atom stereocenters. The zero-order valence-electron chi connectivity index (χ0n) is 17.7. The van der Waals surface area contributed by atoms with Crippen molar-refractivity contribution in [3.63, 3.8) is 0 Å². The van der Waals surface area contributed by atoms with Gasteiger partial charge < -0.3 is 14.2 Å². The van der Waals surface area contributed by atoms with Crippen LogP contribution in [0.5, 0.6) is 0 Å². The molecule has 6 rings (SSSR count). The van der Waals surface area contributed by atoms with Gasteiger partial charge in [0.15, 0.2) is 0 Å². The fourth-order valence-electron chi connectivity index (χ4n) is 4.86. The predicted octanol–water partition coefficient (Wildman–Crippen LogP) is 2.45. The quantitative estimate of drug-likeness (QED) is 0.681. The molecule has 0 bridgehead atoms. The van der Waals surface area contributed by atoms with Gasteiger partial charge in [0.1, 0.15) is 18.0 Å². The van der Waals surface area contributed by atoms with Crippen LogP contribution in [0.3, 0.4) is 0 Å². The van der Waals surface area contributed by atoms with Crippen molar-refractivity contribution < 1.29 is 9.31 Å². The molecule has 4 heterocycles. The molecule has 4 aliphatic heterocycles. The van der Waals surface area contributed by atoms with E-state index in [1.807, 2.05) is 0 Å². The first kappa shape index (κ1) is 18.3. The summed E-state index contributed by atoms with van der Waals surface area (Å²) in [6.45, 7) is 8.32. The Bertz CT molecular complexity index is 1050. The van der Waals surface area contributed by atoms with Gasteiger partial charge >= 0.3 is 7.12 Å². The third-order valence-electron chi connectivity index (χ3n) is 7.19. The van der Waals surface area contributed by atoms with Crippen LogP contribution in [0.4, 0.5) is 0 Å². The Labute approximate surface area is 177 Å². The number of benzene rings is 1. The molecular formula is C23H25BN4O2. The Morgan fingerprint density at radius 2 is 1.70 bits per heavy atom. The highest BCUT2D eigenvalue weighted by atomic mass is 16.7. The minimum atomic E-state index is -0.396. The Morgan fingerprint density at radius 1 is 0.967 bits per heavy atom. The van der Waals surface area contributed by atoms with E-state index >= 15 is 0 Å². The lowest BCUT2D eigenvalue weighted by molar-refractivity contribution is 0.00578. The Kier molecular flexibility index (Phi) is 3.67.